The first kappa shape index (κ1) is 9.74. The molecule has 0 aromatic carbocycles. The first-order chi connectivity index (χ1) is 6.18. The first-order valence-corrected chi connectivity index (χ1v) is 4.31. The number of rotatable bonds is 3. The van der Waals surface area contributed by atoms with E-state index < -0.39 is 0 Å². The van der Waals surface area contributed by atoms with Crippen molar-refractivity contribution < 1.29 is 0 Å². The molecule has 0 aliphatic carbocycles. The maximum absolute atomic E-state index is 5.59. The zero-order valence-corrected chi connectivity index (χ0v) is 7.77. The van der Waals surface area contributed by atoms with Crippen LogP contribution in [0.3, 0.4) is 0 Å². The standard InChI is InChI=1S/C10H15N3/c1-8(11)3-2-4-9-5-10(12)7-13-6-9/h2,4-8H,3,11-12H2,1H3/b4-2+/t8-/m0/s1. The molecule has 0 aliphatic rings. The van der Waals surface area contributed by atoms with Crippen LogP contribution < -0.4 is 11.5 Å². The Balaban J connectivity index is 2.58. The molecule has 0 unspecified atom stereocenters. The summed E-state index contributed by atoms with van der Waals surface area (Å²) in [5.41, 5.74) is 12.9. The quantitative estimate of drug-likeness (QED) is 0.733. The van der Waals surface area contributed by atoms with Crippen molar-refractivity contribution in [2.45, 2.75) is 19.4 Å². The molecule has 1 heterocycles. The Kier molecular flexibility index (Phi) is 3.46. The van der Waals surface area contributed by atoms with Crippen molar-refractivity contribution in [2.24, 2.45) is 5.73 Å². The summed E-state index contributed by atoms with van der Waals surface area (Å²) in [4.78, 5) is 3.97. The Hall–Kier alpha value is -1.35. The third-order valence-electron chi connectivity index (χ3n) is 1.60. The van der Waals surface area contributed by atoms with Gasteiger partial charge in [-0.25, -0.2) is 0 Å². The lowest BCUT2D eigenvalue weighted by atomic mass is 10.2. The number of hydrogen-bond acceptors (Lipinski definition) is 3. The highest BCUT2D eigenvalue weighted by molar-refractivity contribution is 5.53. The normalized spacial score (nSPS) is 13.4. The Morgan fingerprint density at radius 2 is 2.31 bits per heavy atom. The number of hydrogen-bond donors (Lipinski definition) is 2. The molecule has 4 N–H and O–H groups in total. The van der Waals surface area contributed by atoms with Crippen molar-refractivity contribution in [3.8, 4) is 0 Å². The predicted octanol–water partition coefficient (Wildman–Crippen LogP) is 1.41. The van der Waals surface area contributed by atoms with E-state index in [1.54, 1.807) is 12.4 Å². The molecule has 1 atom stereocenters. The van der Waals surface area contributed by atoms with Gasteiger partial charge in [-0.05, 0) is 25.0 Å². The van der Waals surface area contributed by atoms with Gasteiger partial charge in [0.1, 0.15) is 0 Å². The Labute approximate surface area is 78.5 Å². The van der Waals surface area contributed by atoms with E-state index in [9.17, 15) is 0 Å². The number of anilines is 1. The molecule has 0 amide bonds. The van der Waals surface area contributed by atoms with Crippen molar-refractivity contribution in [3.63, 3.8) is 0 Å². The van der Waals surface area contributed by atoms with Crippen LogP contribution in [0.15, 0.2) is 24.5 Å². The fourth-order valence-corrected chi connectivity index (χ4v) is 0.986. The smallest absolute Gasteiger partial charge is 0.0506 e. The molecule has 0 saturated heterocycles. The van der Waals surface area contributed by atoms with Crippen LogP contribution in [0.1, 0.15) is 18.9 Å². The van der Waals surface area contributed by atoms with Crippen molar-refractivity contribution >= 4 is 11.8 Å². The lowest BCUT2D eigenvalue weighted by Gasteiger charge is -1.98. The fourth-order valence-electron chi connectivity index (χ4n) is 0.986. The molecule has 0 aliphatic heterocycles. The molecule has 1 rings (SSSR count). The minimum Gasteiger partial charge on any atom is -0.397 e. The number of aromatic nitrogens is 1. The summed E-state index contributed by atoms with van der Waals surface area (Å²) < 4.78 is 0. The molecule has 70 valence electrons. The molecule has 0 spiro atoms. The maximum atomic E-state index is 5.59. The van der Waals surface area contributed by atoms with Crippen molar-refractivity contribution in [1.82, 2.24) is 4.98 Å². The van der Waals surface area contributed by atoms with Gasteiger partial charge >= 0.3 is 0 Å². The summed E-state index contributed by atoms with van der Waals surface area (Å²) in [5.74, 6) is 0. The monoisotopic (exact) mass is 177 g/mol. The second-order valence-electron chi connectivity index (χ2n) is 3.17. The molecule has 0 radical (unpaired) electrons. The van der Waals surface area contributed by atoms with Gasteiger partial charge in [0.2, 0.25) is 0 Å². The topological polar surface area (TPSA) is 64.9 Å². The molecule has 0 saturated carbocycles. The number of pyridine rings is 1. The summed E-state index contributed by atoms with van der Waals surface area (Å²) >= 11 is 0. The van der Waals surface area contributed by atoms with Gasteiger partial charge in [-0.1, -0.05) is 12.2 Å². The predicted molar refractivity (Wildman–Crippen MR) is 55.9 cm³/mol. The lowest BCUT2D eigenvalue weighted by molar-refractivity contribution is 0.759. The molecule has 0 fully saturated rings. The zero-order valence-electron chi connectivity index (χ0n) is 7.77. The molecule has 1 aromatic rings. The molecule has 13 heavy (non-hydrogen) atoms. The summed E-state index contributed by atoms with van der Waals surface area (Å²) in [5, 5.41) is 0. The third kappa shape index (κ3) is 3.71. The Morgan fingerprint density at radius 1 is 1.54 bits per heavy atom. The molecule has 1 aromatic heterocycles. The van der Waals surface area contributed by atoms with E-state index in [2.05, 4.69) is 4.98 Å². The van der Waals surface area contributed by atoms with Gasteiger partial charge < -0.3 is 11.5 Å². The summed E-state index contributed by atoms with van der Waals surface area (Å²) in [6, 6.07) is 2.08. The average Bonchev–Trinajstić information content (AvgIpc) is 2.03. The van der Waals surface area contributed by atoms with E-state index in [1.165, 1.54) is 0 Å². The van der Waals surface area contributed by atoms with Crippen molar-refractivity contribution in [3.05, 3.63) is 30.1 Å². The minimum atomic E-state index is 0.199. The van der Waals surface area contributed by atoms with E-state index >= 15 is 0 Å². The van der Waals surface area contributed by atoms with E-state index in [0.717, 1.165) is 12.0 Å². The molecule has 3 nitrogen and oxygen atoms in total. The van der Waals surface area contributed by atoms with E-state index in [-0.39, 0.29) is 6.04 Å². The summed E-state index contributed by atoms with van der Waals surface area (Å²) in [6.45, 7) is 1.97. The lowest BCUT2D eigenvalue weighted by Crippen LogP contribution is -2.12. The van der Waals surface area contributed by atoms with Crippen LogP contribution in [0.5, 0.6) is 0 Å². The second kappa shape index (κ2) is 4.62. The van der Waals surface area contributed by atoms with Crippen molar-refractivity contribution in [1.29, 1.82) is 0 Å². The molecule has 0 bridgehead atoms. The van der Waals surface area contributed by atoms with Gasteiger partial charge in [-0.15, -0.1) is 0 Å². The average molecular weight is 177 g/mol. The van der Waals surface area contributed by atoms with Crippen LogP contribution in [0.4, 0.5) is 5.69 Å². The maximum Gasteiger partial charge on any atom is 0.0506 e. The second-order valence-corrected chi connectivity index (χ2v) is 3.17. The molecular weight excluding hydrogens is 162 g/mol. The van der Waals surface area contributed by atoms with Crippen LogP contribution in [-0.2, 0) is 0 Å². The first-order valence-electron chi connectivity index (χ1n) is 4.31. The Bertz CT molecular complexity index is 292. The van der Waals surface area contributed by atoms with Crippen LogP contribution >= 0.6 is 0 Å². The molecule has 3 heteroatoms. The van der Waals surface area contributed by atoms with Crippen molar-refractivity contribution in [2.75, 3.05) is 5.73 Å². The Morgan fingerprint density at radius 3 is 2.92 bits per heavy atom. The highest BCUT2D eigenvalue weighted by Crippen LogP contribution is 2.06. The van der Waals surface area contributed by atoms with Crippen LogP contribution in [0, 0.1) is 0 Å². The summed E-state index contributed by atoms with van der Waals surface area (Å²) in [6.07, 6.45) is 8.28. The van der Waals surface area contributed by atoms with E-state index in [0.29, 0.717) is 5.69 Å². The number of nitrogens with two attached hydrogens (primary N) is 2. The molecular formula is C10H15N3. The summed E-state index contributed by atoms with van der Waals surface area (Å²) in [7, 11) is 0. The number of nitrogens with zero attached hydrogens (tertiary/aromatic N) is 1. The number of nitrogen functional groups attached to an aromatic ring is 1. The van der Waals surface area contributed by atoms with Gasteiger partial charge in [0.15, 0.2) is 0 Å². The van der Waals surface area contributed by atoms with Gasteiger partial charge in [0.05, 0.1) is 5.69 Å². The van der Waals surface area contributed by atoms with Gasteiger partial charge in [0, 0.05) is 18.4 Å². The minimum absolute atomic E-state index is 0.199. The van der Waals surface area contributed by atoms with Gasteiger partial charge in [0.25, 0.3) is 0 Å². The highest BCUT2D eigenvalue weighted by atomic mass is 14.7. The largest absolute Gasteiger partial charge is 0.397 e. The third-order valence-corrected chi connectivity index (χ3v) is 1.60. The fraction of sp³-hybridized carbons (Fsp3) is 0.300. The van der Waals surface area contributed by atoms with E-state index in [4.69, 9.17) is 11.5 Å². The van der Waals surface area contributed by atoms with Crippen LogP contribution in [0.25, 0.3) is 6.08 Å². The zero-order chi connectivity index (χ0) is 9.68. The van der Waals surface area contributed by atoms with E-state index in [1.807, 2.05) is 25.1 Å². The van der Waals surface area contributed by atoms with Gasteiger partial charge in [-0.2, -0.15) is 0 Å². The SMILES string of the molecule is C[C@H](N)C/C=C/c1cncc(N)c1. The van der Waals surface area contributed by atoms with Crippen LogP contribution in [0.2, 0.25) is 0 Å². The van der Waals surface area contributed by atoms with Crippen LogP contribution in [-0.4, -0.2) is 11.0 Å². The highest BCUT2D eigenvalue weighted by Gasteiger charge is 1.90. The van der Waals surface area contributed by atoms with Gasteiger partial charge in [-0.3, -0.25) is 4.98 Å².